The predicted molar refractivity (Wildman–Crippen MR) is 190 cm³/mol. The number of hydrogen-bond acceptors (Lipinski definition) is 12. The molecule has 3 heterocycles. The van der Waals surface area contributed by atoms with Gasteiger partial charge in [-0.25, -0.2) is 0 Å². The van der Waals surface area contributed by atoms with E-state index in [-0.39, 0.29) is 34.5 Å². The second-order valence-corrected chi connectivity index (χ2v) is 9.99. The number of benzene rings is 3. The molecule has 3 aromatic heterocycles. The Morgan fingerprint density at radius 3 is 0.846 bits per heavy atom. The fourth-order valence-corrected chi connectivity index (χ4v) is 3.96. The molecule has 0 fully saturated rings. The van der Waals surface area contributed by atoms with E-state index in [4.69, 9.17) is 14.2 Å². The number of aliphatic imine (C=N–C) groups is 3. The van der Waals surface area contributed by atoms with Crippen molar-refractivity contribution in [1.29, 1.82) is 0 Å². The predicted octanol–water partition coefficient (Wildman–Crippen LogP) is 4.58. The number of aromatic nitrogens is 3. The summed E-state index contributed by atoms with van der Waals surface area (Å²) >= 11 is 0. The van der Waals surface area contributed by atoms with E-state index in [1.54, 1.807) is 167 Å². The van der Waals surface area contributed by atoms with E-state index >= 15 is 0 Å². The summed E-state index contributed by atoms with van der Waals surface area (Å²) in [7, 11) is 4.77. The van der Waals surface area contributed by atoms with Gasteiger partial charge in [0.05, 0.1) is 55.5 Å². The minimum absolute atomic E-state index is 0. The second-order valence-electron chi connectivity index (χ2n) is 9.99. The molecule has 0 aliphatic carbocycles. The molecule has 0 saturated heterocycles. The van der Waals surface area contributed by atoms with Crippen LogP contribution in [0.2, 0.25) is 0 Å². The van der Waals surface area contributed by atoms with Gasteiger partial charge in [-0.1, -0.05) is 18.2 Å². The zero-order chi connectivity index (χ0) is 36.3. The molecule has 0 bridgehead atoms. The number of pyridine rings is 3. The molecule has 3 aromatic carbocycles. The standard InChI is InChI=1S/3C13H12N2O2.Co/c3*1-17-11-7-5-10(6-8-11)15-13(16)12-4-2-3-9-14-12;/h3*2-9H,1H3,(H,15,16);/q;;;+3/p-3. The van der Waals surface area contributed by atoms with E-state index in [9.17, 15) is 15.3 Å². The van der Waals surface area contributed by atoms with Gasteiger partial charge in [0.1, 0.15) is 17.2 Å². The first-order valence-corrected chi connectivity index (χ1v) is 15.3. The van der Waals surface area contributed by atoms with Crippen molar-refractivity contribution in [2.45, 2.75) is 0 Å². The summed E-state index contributed by atoms with van der Waals surface area (Å²) in [5, 5.41) is 35.1. The van der Waals surface area contributed by atoms with E-state index in [1.165, 1.54) is 0 Å². The van der Waals surface area contributed by atoms with Gasteiger partial charge in [0.25, 0.3) is 0 Å². The molecule has 0 radical (unpaired) electrons. The quantitative estimate of drug-likeness (QED) is 0.152. The van der Waals surface area contributed by atoms with Crippen LogP contribution in [0.15, 0.2) is 161 Å². The normalized spacial score (nSPS) is 11.0. The smallest absolute Gasteiger partial charge is 0.857 e. The van der Waals surface area contributed by atoms with Crippen LogP contribution < -0.4 is 29.5 Å². The van der Waals surface area contributed by atoms with Crippen molar-refractivity contribution in [3.05, 3.63) is 163 Å². The summed E-state index contributed by atoms with van der Waals surface area (Å²) in [4.78, 5) is 23.7. The van der Waals surface area contributed by atoms with Gasteiger partial charge in [0.15, 0.2) is 0 Å². The van der Waals surface area contributed by atoms with E-state index in [1.807, 2.05) is 0 Å². The van der Waals surface area contributed by atoms with Crippen molar-refractivity contribution < 1.29 is 46.3 Å². The van der Waals surface area contributed by atoms with Crippen molar-refractivity contribution in [2.75, 3.05) is 21.3 Å². The molecule has 0 unspecified atom stereocenters. The van der Waals surface area contributed by atoms with Gasteiger partial charge in [0.2, 0.25) is 0 Å². The minimum Gasteiger partial charge on any atom is -0.857 e. The number of rotatable bonds is 9. The third-order valence-electron chi connectivity index (χ3n) is 6.56. The van der Waals surface area contributed by atoms with Crippen LogP contribution in [-0.4, -0.2) is 54.0 Å². The Kier molecular flexibility index (Phi) is 16.5. The molecule has 0 amide bonds. The fourth-order valence-electron chi connectivity index (χ4n) is 3.96. The molecule has 52 heavy (non-hydrogen) atoms. The Balaban J connectivity index is 0.000000208. The molecule has 0 spiro atoms. The molecule has 0 atom stereocenters. The Bertz CT molecular complexity index is 1760. The van der Waals surface area contributed by atoms with Gasteiger partial charge in [-0.15, -0.1) is 0 Å². The van der Waals surface area contributed by atoms with Crippen molar-refractivity contribution in [2.24, 2.45) is 15.0 Å². The van der Waals surface area contributed by atoms with Gasteiger partial charge in [0, 0.05) is 36.3 Å². The summed E-state index contributed by atoms with van der Waals surface area (Å²) in [6.07, 6.45) is 4.70. The monoisotopic (exact) mass is 740 g/mol. The summed E-state index contributed by atoms with van der Waals surface area (Å²) in [6, 6.07) is 36.3. The van der Waals surface area contributed by atoms with Crippen LogP contribution in [0.25, 0.3) is 0 Å². The van der Waals surface area contributed by atoms with Gasteiger partial charge in [-0.3, -0.25) is 29.9 Å². The maximum absolute atomic E-state index is 11.7. The summed E-state index contributed by atoms with van der Waals surface area (Å²) in [5.74, 6) is 1.14. The van der Waals surface area contributed by atoms with E-state index in [0.717, 1.165) is 17.2 Å². The van der Waals surface area contributed by atoms with Crippen LogP contribution in [0, 0.1) is 0 Å². The topological polar surface area (TPSA) is 173 Å². The largest absolute Gasteiger partial charge is 3.00 e. The van der Waals surface area contributed by atoms with Gasteiger partial charge < -0.3 is 29.5 Å². The molecular formula is C39H33CoN6O6. The fraction of sp³-hybridized carbons (Fsp3) is 0.0769. The van der Waals surface area contributed by atoms with Crippen molar-refractivity contribution in [3.8, 4) is 17.2 Å². The van der Waals surface area contributed by atoms with Crippen molar-refractivity contribution in [1.82, 2.24) is 15.0 Å². The van der Waals surface area contributed by atoms with Crippen LogP contribution in [0.5, 0.6) is 17.2 Å². The first kappa shape index (κ1) is 39.9. The van der Waals surface area contributed by atoms with Gasteiger partial charge >= 0.3 is 16.8 Å². The molecule has 0 N–H and O–H groups in total. The summed E-state index contributed by atoms with van der Waals surface area (Å²) < 4.78 is 15.1. The summed E-state index contributed by atoms with van der Waals surface area (Å²) in [6.45, 7) is 0. The molecule has 6 rings (SSSR count). The molecule has 13 heteroatoms. The Morgan fingerprint density at radius 1 is 0.404 bits per heavy atom. The first-order valence-electron chi connectivity index (χ1n) is 15.3. The molecule has 12 nitrogen and oxygen atoms in total. The van der Waals surface area contributed by atoms with Gasteiger partial charge in [-0.2, -0.15) is 0 Å². The maximum atomic E-state index is 11.7. The Labute approximate surface area is 311 Å². The minimum atomic E-state index is -0.351. The molecular weight excluding hydrogens is 707 g/mol. The third kappa shape index (κ3) is 13.0. The maximum Gasteiger partial charge on any atom is 3.00 e. The molecule has 6 aromatic rings. The van der Waals surface area contributed by atoms with Gasteiger partial charge in [-0.05, 0) is 109 Å². The molecule has 0 aliphatic rings. The first-order chi connectivity index (χ1) is 24.9. The Hall–Kier alpha value is -6.57. The Morgan fingerprint density at radius 2 is 0.654 bits per heavy atom. The number of methoxy groups -OCH3 is 3. The second kappa shape index (κ2) is 21.5. The van der Waals surface area contributed by atoms with Crippen molar-refractivity contribution >= 4 is 34.8 Å². The number of ether oxygens (including phenoxy) is 3. The summed E-state index contributed by atoms with van der Waals surface area (Å²) in [5.41, 5.74) is 2.76. The van der Waals surface area contributed by atoms with Crippen LogP contribution in [0.3, 0.4) is 0 Å². The van der Waals surface area contributed by atoms with Crippen LogP contribution in [0.1, 0.15) is 17.1 Å². The SMILES string of the molecule is COc1ccc(N=C([O-])c2ccccn2)cc1.COc1ccc(N=C([O-])c2ccccn2)cc1.COc1ccc(N=C([O-])c2ccccn2)cc1.[Co+3]. The van der Waals surface area contributed by atoms with E-state index in [2.05, 4.69) is 29.9 Å². The zero-order valence-corrected chi connectivity index (χ0v) is 29.4. The number of nitrogens with zero attached hydrogens (tertiary/aromatic N) is 6. The van der Waals surface area contributed by atoms with Crippen molar-refractivity contribution in [3.63, 3.8) is 0 Å². The molecule has 0 aliphatic heterocycles. The van der Waals surface area contributed by atoms with Crippen LogP contribution in [-0.2, 0) is 16.8 Å². The third-order valence-corrected chi connectivity index (χ3v) is 6.56. The molecule has 264 valence electrons. The number of hydrogen-bond donors (Lipinski definition) is 0. The average molecular weight is 741 g/mol. The van der Waals surface area contributed by atoms with E-state index < -0.39 is 0 Å². The van der Waals surface area contributed by atoms with Crippen LogP contribution in [0.4, 0.5) is 17.1 Å². The molecule has 0 saturated carbocycles. The van der Waals surface area contributed by atoms with E-state index in [0.29, 0.717) is 34.1 Å². The average Bonchev–Trinajstić information content (AvgIpc) is 3.20. The van der Waals surface area contributed by atoms with Crippen LogP contribution >= 0.6 is 0 Å². The zero-order valence-electron chi connectivity index (χ0n) is 28.3.